The van der Waals surface area contributed by atoms with Gasteiger partial charge in [0.05, 0.1) is 12.2 Å². The summed E-state index contributed by atoms with van der Waals surface area (Å²) in [6.45, 7) is 9.50. The molecular formula is C10H15N3O. The number of nitrogens with zero attached hydrogens (tertiary/aromatic N) is 1. The number of H-pyrrole nitrogens is 1. The van der Waals surface area contributed by atoms with E-state index in [0.29, 0.717) is 12.1 Å². The quantitative estimate of drug-likeness (QED) is 0.709. The largest absolute Gasteiger partial charge is 0.347 e. The summed E-state index contributed by atoms with van der Waals surface area (Å²) >= 11 is 0. The molecular weight excluding hydrogens is 178 g/mol. The van der Waals surface area contributed by atoms with Gasteiger partial charge in [0.2, 0.25) is 5.91 Å². The van der Waals surface area contributed by atoms with E-state index in [1.807, 2.05) is 13.8 Å². The van der Waals surface area contributed by atoms with E-state index in [9.17, 15) is 4.79 Å². The lowest BCUT2D eigenvalue weighted by Gasteiger charge is -2.02. The van der Waals surface area contributed by atoms with Crippen LogP contribution in [-0.2, 0) is 11.3 Å². The third-order valence-electron chi connectivity index (χ3n) is 1.91. The van der Waals surface area contributed by atoms with Gasteiger partial charge >= 0.3 is 0 Å². The van der Waals surface area contributed by atoms with E-state index in [1.54, 1.807) is 6.92 Å². The highest BCUT2D eigenvalue weighted by atomic mass is 16.1. The van der Waals surface area contributed by atoms with E-state index in [1.165, 1.54) is 0 Å². The first kappa shape index (κ1) is 10.5. The summed E-state index contributed by atoms with van der Waals surface area (Å²) in [5.41, 5.74) is 2.37. The van der Waals surface area contributed by atoms with Crippen molar-refractivity contribution in [2.75, 3.05) is 0 Å². The molecule has 0 saturated heterocycles. The van der Waals surface area contributed by atoms with Crippen molar-refractivity contribution in [1.29, 1.82) is 0 Å². The number of carbonyl (C=O) groups is 1. The number of carbonyl (C=O) groups excluding carboxylic acids is 1. The van der Waals surface area contributed by atoms with Gasteiger partial charge in [-0.3, -0.25) is 4.79 Å². The first-order chi connectivity index (χ1) is 6.50. The Labute approximate surface area is 83.4 Å². The van der Waals surface area contributed by atoms with E-state index in [4.69, 9.17) is 0 Å². The van der Waals surface area contributed by atoms with E-state index in [2.05, 4.69) is 21.9 Å². The SMILES string of the molecule is C=C(C)C(=O)NCc1nc(C)[nH]c1C. The van der Waals surface area contributed by atoms with Crippen LogP contribution in [0.2, 0.25) is 0 Å². The molecule has 0 aliphatic carbocycles. The van der Waals surface area contributed by atoms with Gasteiger partial charge in [0.25, 0.3) is 0 Å². The number of rotatable bonds is 3. The third kappa shape index (κ3) is 2.45. The lowest BCUT2D eigenvalue weighted by Crippen LogP contribution is -2.23. The van der Waals surface area contributed by atoms with E-state index in [0.717, 1.165) is 17.2 Å². The summed E-state index contributed by atoms with van der Waals surface area (Å²) in [6, 6.07) is 0. The number of amides is 1. The summed E-state index contributed by atoms with van der Waals surface area (Å²) in [4.78, 5) is 18.5. The maximum absolute atomic E-state index is 11.2. The summed E-state index contributed by atoms with van der Waals surface area (Å²) in [6.07, 6.45) is 0. The van der Waals surface area contributed by atoms with Crippen LogP contribution in [0.5, 0.6) is 0 Å². The smallest absolute Gasteiger partial charge is 0.246 e. The zero-order valence-electron chi connectivity index (χ0n) is 8.77. The Balaban J connectivity index is 2.58. The molecule has 1 rings (SSSR count). The Morgan fingerprint density at radius 2 is 2.21 bits per heavy atom. The van der Waals surface area contributed by atoms with Crippen LogP contribution in [0.3, 0.4) is 0 Å². The van der Waals surface area contributed by atoms with Gasteiger partial charge in [-0.1, -0.05) is 6.58 Å². The minimum absolute atomic E-state index is 0.134. The number of aromatic amines is 1. The Bertz CT molecular complexity index is 365. The van der Waals surface area contributed by atoms with E-state index < -0.39 is 0 Å². The zero-order chi connectivity index (χ0) is 10.7. The van der Waals surface area contributed by atoms with Crippen LogP contribution in [0.25, 0.3) is 0 Å². The molecule has 2 N–H and O–H groups in total. The Kier molecular flexibility index (Phi) is 3.06. The van der Waals surface area contributed by atoms with Gasteiger partial charge in [-0.25, -0.2) is 4.98 Å². The molecule has 0 bridgehead atoms. The summed E-state index contributed by atoms with van der Waals surface area (Å²) in [5.74, 6) is 0.729. The third-order valence-corrected chi connectivity index (χ3v) is 1.91. The van der Waals surface area contributed by atoms with Gasteiger partial charge in [0.1, 0.15) is 5.82 Å². The molecule has 14 heavy (non-hydrogen) atoms. The van der Waals surface area contributed by atoms with Crippen molar-refractivity contribution >= 4 is 5.91 Å². The molecule has 0 radical (unpaired) electrons. The molecule has 0 unspecified atom stereocenters. The zero-order valence-corrected chi connectivity index (χ0v) is 8.77. The first-order valence-corrected chi connectivity index (χ1v) is 4.46. The molecule has 0 fully saturated rings. The number of hydrogen-bond donors (Lipinski definition) is 2. The highest BCUT2D eigenvalue weighted by molar-refractivity contribution is 5.91. The Hall–Kier alpha value is -1.58. The topological polar surface area (TPSA) is 57.8 Å². The normalized spacial score (nSPS) is 9.93. The number of imidazole rings is 1. The minimum atomic E-state index is -0.134. The van der Waals surface area contributed by atoms with Crippen molar-refractivity contribution in [3.63, 3.8) is 0 Å². The predicted molar refractivity (Wildman–Crippen MR) is 54.7 cm³/mol. The van der Waals surface area contributed by atoms with Crippen molar-refractivity contribution in [3.8, 4) is 0 Å². The molecule has 0 aliphatic heterocycles. The van der Waals surface area contributed by atoms with Gasteiger partial charge in [-0.2, -0.15) is 0 Å². The fourth-order valence-electron chi connectivity index (χ4n) is 1.14. The molecule has 4 heteroatoms. The van der Waals surface area contributed by atoms with Gasteiger partial charge in [0, 0.05) is 11.3 Å². The van der Waals surface area contributed by atoms with Crippen molar-refractivity contribution in [2.24, 2.45) is 0 Å². The number of nitrogens with one attached hydrogen (secondary N) is 2. The molecule has 1 amide bonds. The van der Waals surface area contributed by atoms with Gasteiger partial charge < -0.3 is 10.3 Å². The molecule has 1 heterocycles. The van der Waals surface area contributed by atoms with Crippen LogP contribution in [0.4, 0.5) is 0 Å². The lowest BCUT2D eigenvalue weighted by molar-refractivity contribution is -0.117. The van der Waals surface area contributed by atoms with Crippen LogP contribution >= 0.6 is 0 Å². The predicted octanol–water partition coefficient (Wildman–Crippen LogP) is 1.22. The van der Waals surface area contributed by atoms with Crippen LogP contribution < -0.4 is 5.32 Å². The van der Waals surface area contributed by atoms with E-state index in [-0.39, 0.29) is 5.91 Å². The van der Waals surface area contributed by atoms with Crippen molar-refractivity contribution in [1.82, 2.24) is 15.3 Å². The molecule has 0 saturated carbocycles. The highest BCUT2D eigenvalue weighted by Gasteiger charge is 2.06. The number of aromatic nitrogens is 2. The molecule has 76 valence electrons. The summed E-state index contributed by atoms with van der Waals surface area (Å²) < 4.78 is 0. The molecule has 1 aromatic heterocycles. The molecule has 0 aliphatic rings. The second kappa shape index (κ2) is 4.09. The summed E-state index contributed by atoms with van der Waals surface area (Å²) in [7, 11) is 0. The van der Waals surface area contributed by atoms with Gasteiger partial charge in [-0.15, -0.1) is 0 Å². The van der Waals surface area contributed by atoms with Crippen LogP contribution in [0.15, 0.2) is 12.2 Å². The molecule has 4 nitrogen and oxygen atoms in total. The average molecular weight is 193 g/mol. The van der Waals surface area contributed by atoms with E-state index >= 15 is 0 Å². The highest BCUT2D eigenvalue weighted by Crippen LogP contribution is 2.03. The molecule has 0 atom stereocenters. The van der Waals surface area contributed by atoms with Crippen LogP contribution in [0.1, 0.15) is 24.1 Å². The maximum atomic E-state index is 11.2. The second-order valence-corrected chi connectivity index (χ2v) is 3.36. The van der Waals surface area contributed by atoms with Crippen molar-refractivity contribution in [3.05, 3.63) is 29.4 Å². The van der Waals surface area contributed by atoms with Crippen LogP contribution in [-0.4, -0.2) is 15.9 Å². The van der Waals surface area contributed by atoms with Crippen LogP contribution in [0, 0.1) is 13.8 Å². The fourth-order valence-corrected chi connectivity index (χ4v) is 1.14. The standard InChI is InChI=1S/C10H15N3O/c1-6(2)10(14)11-5-9-7(3)12-8(4)13-9/h1,5H2,2-4H3,(H,11,14)(H,12,13). The lowest BCUT2D eigenvalue weighted by atomic mass is 10.3. The second-order valence-electron chi connectivity index (χ2n) is 3.36. The first-order valence-electron chi connectivity index (χ1n) is 4.46. The van der Waals surface area contributed by atoms with Gasteiger partial charge in [-0.05, 0) is 20.8 Å². The number of aryl methyl sites for hydroxylation is 2. The molecule has 0 aromatic carbocycles. The Morgan fingerprint density at radius 1 is 1.57 bits per heavy atom. The monoisotopic (exact) mass is 193 g/mol. The number of hydrogen-bond acceptors (Lipinski definition) is 2. The average Bonchev–Trinajstić information content (AvgIpc) is 2.40. The maximum Gasteiger partial charge on any atom is 0.246 e. The minimum Gasteiger partial charge on any atom is -0.347 e. The Morgan fingerprint density at radius 3 is 2.64 bits per heavy atom. The van der Waals surface area contributed by atoms with Crippen molar-refractivity contribution in [2.45, 2.75) is 27.3 Å². The van der Waals surface area contributed by atoms with Crippen molar-refractivity contribution < 1.29 is 4.79 Å². The summed E-state index contributed by atoms with van der Waals surface area (Å²) in [5, 5.41) is 2.73. The van der Waals surface area contributed by atoms with Gasteiger partial charge in [0.15, 0.2) is 0 Å². The molecule has 1 aromatic rings. The fraction of sp³-hybridized carbons (Fsp3) is 0.400. The molecule has 0 spiro atoms.